The first-order valence-electron chi connectivity index (χ1n) is 5.46. The lowest BCUT2D eigenvalue weighted by Crippen LogP contribution is -2.47. The van der Waals surface area contributed by atoms with Crippen LogP contribution in [0.25, 0.3) is 0 Å². The molecule has 4 N–H and O–H groups in total. The summed E-state index contributed by atoms with van der Waals surface area (Å²) in [6, 6.07) is 0. The van der Waals surface area contributed by atoms with E-state index in [2.05, 4.69) is 0 Å². The highest BCUT2D eigenvalue weighted by Crippen LogP contribution is 2.26. The topological polar surface area (TPSA) is 66.5 Å². The van der Waals surface area contributed by atoms with Gasteiger partial charge >= 0.3 is 0 Å². The zero-order valence-electron chi connectivity index (χ0n) is 9.71. The van der Waals surface area contributed by atoms with Crippen molar-refractivity contribution in [2.24, 2.45) is 5.73 Å². The van der Waals surface area contributed by atoms with Crippen molar-refractivity contribution >= 4 is 0 Å². The Bertz CT molecular complexity index is 150. The highest BCUT2D eigenvalue weighted by Gasteiger charge is 2.36. The van der Waals surface area contributed by atoms with E-state index in [0.29, 0.717) is 6.42 Å². The zero-order valence-corrected chi connectivity index (χ0v) is 9.71. The first kappa shape index (κ1) is 13.9. The summed E-state index contributed by atoms with van der Waals surface area (Å²) in [4.78, 5) is 0. The van der Waals surface area contributed by atoms with E-state index in [1.807, 2.05) is 0 Å². The van der Waals surface area contributed by atoms with Crippen LogP contribution in [0.4, 0.5) is 0 Å². The SMILES string of the molecule is CC(C)(O)[C@@](C)(O)CCCCCCN. The van der Waals surface area contributed by atoms with Crippen LogP contribution in [0.2, 0.25) is 0 Å². The Hall–Kier alpha value is -0.120. The fourth-order valence-corrected chi connectivity index (χ4v) is 1.27. The first-order chi connectivity index (χ1) is 6.31. The fraction of sp³-hybridized carbons (Fsp3) is 1.00. The molecule has 0 aromatic heterocycles. The number of aliphatic hydroxyl groups is 2. The summed E-state index contributed by atoms with van der Waals surface area (Å²) in [5.74, 6) is 0. The van der Waals surface area contributed by atoms with Crippen LogP contribution in [0, 0.1) is 0 Å². The molecular weight excluding hydrogens is 178 g/mol. The van der Waals surface area contributed by atoms with E-state index in [1.165, 1.54) is 0 Å². The Morgan fingerprint density at radius 2 is 1.43 bits per heavy atom. The molecule has 0 radical (unpaired) electrons. The third-order valence-electron chi connectivity index (χ3n) is 2.94. The maximum absolute atomic E-state index is 9.93. The van der Waals surface area contributed by atoms with Gasteiger partial charge in [-0.3, -0.25) is 0 Å². The van der Waals surface area contributed by atoms with Gasteiger partial charge in [0.2, 0.25) is 0 Å². The molecule has 1 atom stereocenters. The molecule has 14 heavy (non-hydrogen) atoms. The van der Waals surface area contributed by atoms with Crippen molar-refractivity contribution < 1.29 is 10.2 Å². The molecular formula is C11H25NO2. The predicted molar refractivity (Wildman–Crippen MR) is 59.1 cm³/mol. The van der Waals surface area contributed by atoms with Crippen LogP contribution in [-0.2, 0) is 0 Å². The first-order valence-corrected chi connectivity index (χ1v) is 5.46. The van der Waals surface area contributed by atoms with Gasteiger partial charge in [-0.15, -0.1) is 0 Å². The summed E-state index contributed by atoms with van der Waals surface area (Å²) in [6.07, 6.45) is 4.81. The van der Waals surface area contributed by atoms with E-state index < -0.39 is 11.2 Å². The van der Waals surface area contributed by atoms with Crippen molar-refractivity contribution in [1.29, 1.82) is 0 Å². The fourth-order valence-electron chi connectivity index (χ4n) is 1.27. The highest BCUT2D eigenvalue weighted by molar-refractivity contribution is 4.89. The van der Waals surface area contributed by atoms with Gasteiger partial charge < -0.3 is 15.9 Å². The third-order valence-corrected chi connectivity index (χ3v) is 2.94. The van der Waals surface area contributed by atoms with E-state index in [-0.39, 0.29) is 0 Å². The van der Waals surface area contributed by atoms with Crippen LogP contribution in [-0.4, -0.2) is 28.0 Å². The van der Waals surface area contributed by atoms with Gasteiger partial charge in [0, 0.05) is 0 Å². The van der Waals surface area contributed by atoms with Crippen LogP contribution in [0.15, 0.2) is 0 Å². The second-order valence-corrected chi connectivity index (χ2v) is 4.79. The molecule has 0 amide bonds. The quantitative estimate of drug-likeness (QED) is 0.548. The Morgan fingerprint density at radius 1 is 0.929 bits per heavy atom. The van der Waals surface area contributed by atoms with Crippen molar-refractivity contribution in [3.05, 3.63) is 0 Å². The van der Waals surface area contributed by atoms with Gasteiger partial charge in [0.1, 0.15) is 0 Å². The summed E-state index contributed by atoms with van der Waals surface area (Å²) in [7, 11) is 0. The van der Waals surface area contributed by atoms with Crippen molar-refractivity contribution in [2.45, 2.75) is 64.1 Å². The molecule has 0 rings (SSSR count). The summed E-state index contributed by atoms with van der Waals surface area (Å²) < 4.78 is 0. The second-order valence-electron chi connectivity index (χ2n) is 4.79. The van der Waals surface area contributed by atoms with Crippen LogP contribution in [0.5, 0.6) is 0 Å². The average molecular weight is 203 g/mol. The molecule has 86 valence electrons. The van der Waals surface area contributed by atoms with Crippen molar-refractivity contribution in [2.75, 3.05) is 6.54 Å². The number of nitrogens with two attached hydrogens (primary N) is 1. The van der Waals surface area contributed by atoms with Gasteiger partial charge in [0.25, 0.3) is 0 Å². The second kappa shape index (κ2) is 5.69. The zero-order chi connectivity index (χ0) is 11.2. The molecule has 0 aromatic rings. The Kier molecular flexibility index (Phi) is 5.64. The molecule has 0 aliphatic heterocycles. The number of hydrogen-bond donors (Lipinski definition) is 3. The molecule has 0 aliphatic carbocycles. The summed E-state index contributed by atoms with van der Waals surface area (Å²) in [6.45, 7) is 5.72. The molecule has 0 heterocycles. The predicted octanol–water partition coefficient (Wildman–Crippen LogP) is 1.42. The van der Waals surface area contributed by atoms with Crippen molar-refractivity contribution in [3.63, 3.8) is 0 Å². The van der Waals surface area contributed by atoms with Crippen molar-refractivity contribution in [3.8, 4) is 0 Å². The maximum atomic E-state index is 9.93. The monoisotopic (exact) mass is 203 g/mol. The molecule has 0 aliphatic rings. The maximum Gasteiger partial charge on any atom is 0.0900 e. The molecule has 0 saturated carbocycles. The smallest absolute Gasteiger partial charge is 0.0900 e. The van der Waals surface area contributed by atoms with Crippen LogP contribution >= 0.6 is 0 Å². The highest BCUT2D eigenvalue weighted by atomic mass is 16.3. The lowest BCUT2D eigenvalue weighted by atomic mass is 9.83. The minimum absolute atomic E-state index is 0.640. The minimum Gasteiger partial charge on any atom is -0.387 e. The van der Waals surface area contributed by atoms with E-state index in [4.69, 9.17) is 5.73 Å². The molecule has 0 fully saturated rings. The number of unbranched alkanes of at least 4 members (excludes halogenated alkanes) is 3. The molecule has 0 unspecified atom stereocenters. The van der Waals surface area contributed by atoms with E-state index in [0.717, 1.165) is 32.2 Å². The van der Waals surface area contributed by atoms with Crippen molar-refractivity contribution in [1.82, 2.24) is 0 Å². The summed E-state index contributed by atoms with van der Waals surface area (Å²) in [5, 5.41) is 19.6. The Labute approximate surface area is 87.3 Å². The normalized spacial score (nSPS) is 16.7. The summed E-state index contributed by atoms with van der Waals surface area (Å²) >= 11 is 0. The molecule has 3 heteroatoms. The Balaban J connectivity index is 3.67. The lowest BCUT2D eigenvalue weighted by Gasteiger charge is -2.35. The van der Waals surface area contributed by atoms with Crippen LogP contribution in [0.1, 0.15) is 52.9 Å². The van der Waals surface area contributed by atoms with E-state index in [9.17, 15) is 10.2 Å². The average Bonchev–Trinajstić information content (AvgIpc) is 2.02. The third kappa shape index (κ3) is 4.94. The minimum atomic E-state index is -1.03. The van der Waals surface area contributed by atoms with Gasteiger partial charge in [-0.05, 0) is 40.2 Å². The van der Waals surface area contributed by atoms with Gasteiger partial charge in [0.05, 0.1) is 11.2 Å². The summed E-state index contributed by atoms with van der Waals surface area (Å²) in [5.41, 5.74) is 3.36. The van der Waals surface area contributed by atoms with Crippen LogP contribution < -0.4 is 5.73 Å². The lowest BCUT2D eigenvalue weighted by molar-refractivity contribution is -0.124. The molecule has 0 bridgehead atoms. The largest absolute Gasteiger partial charge is 0.387 e. The molecule has 0 aromatic carbocycles. The van der Waals surface area contributed by atoms with Gasteiger partial charge in [-0.1, -0.05) is 19.3 Å². The van der Waals surface area contributed by atoms with E-state index >= 15 is 0 Å². The van der Waals surface area contributed by atoms with Gasteiger partial charge in [0.15, 0.2) is 0 Å². The van der Waals surface area contributed by atoms with Gasteiger partial charge in [-0.2, -0.15) is 0 Å². The molecule has 0 spiro atoms. The Morgan fingerprint density at radius 3 is 1.86 bits per heavy atom. The number of hydrogen-bond acceptors (Lipinski definition) is 3. The van der Waals surface area contributed by atoms with Crippen LogP contribution in [0.3, 0.4) is 0 Å². The molecule has 3 nitrogen and oxygen atoms in total. The molecule has 0 saturated heterocycles. The van der Waals surface area contributed by atoms with E-state index in [1.54, 1.807) is 20.8 Å². The van der Waals surface area contributed by atoms with Gasteiger partial charge in [-0.25, -0.2) is 0 Å². The standard InChI is InChI=1S/C11H25NO2/c1-10(2,13)11(3,14)8-6-4-5-7-9-12/h13-14H,4-9,12H2,1-3H3/t11-/m0/s1. The number of rotatable bonds is 7.